The molecular weight excluding hydrogens is 358 g/mol. The molecule has 4 rings (SSSR count). The van der Waals surface area contributed by atoms with E-state index < -0.39 is 0 Å². The number of aryl methyl sites for hydroxylation is 1. The average Bonchev–Trinajstić information content (AvgIpc) is 3.02. The van der Waals surface area contributed by atoms with Gasteiger partial charge in [-0.05, 0) is 46.0 Å². The molecule has 0 saturated heterocycles. The molecule has 8 heteroatoms. The number of nitrogens with zero attached hydrogens (tertiary/aromatic N) is 4. The molecule has 25 heavy (non-hydrogen) atoms. The fourth-order valence-electron chi connectivity index (χ4n) is 2.64. The predicted octanol–water partition coefficient (Wildman–Crippen LogP) is 3.52. The van der Waals surface area contributed by atoms with Crippen LogP contribution >= 0.6 is 23.4 Å². The molecule has 2 aromatic carbocycles. The molecule has 0 bridgehead atoms. The lowest BCUT2D eigenvalue weighted by atomic mass is 10.0. The molecule has 0 saturated carbocycles. The number of nitrogens with one attached hydrogen (secondary N) is 1. The zero-order valence-corrected chi connectivity index (χ0v) is 14.7. The second-order valence-corrected chi connectivity index (χ2v) is 6.82. The summed E-state index contributed by atoms with van der Waals surface area (Å²) >= 11 is 7.43. The Kier molecular flexibility index (Phi) is 4.03. The summed E-state index contributed by atoms with van der Waals surface area (Å²) < 4.78 is 1.53. The highest BCUT2D eigenvalue weighted by atomic mass is 35.5. The number of rotatable bonds is 3. The molecule has 0 aliphatic heterocycles. The Labute approximate surface area is 151 Å². The minimum absolute atomic E-state index is 0.193. The van der Waals surface area contributed by atoms with Gasteiger partial charge in [-0.2, -0.15) is 0 Å². The molecule has 4 aromatic rings. The first-order chi connectivity index (χ1) is 12.1. The standard InChI is InChI=1S/C17H12ClN5OS/c1-23-17(20-21-22-23)25-15-14(10-5-3-2-4-6-10)12-9-11(18)7-8-13(12)19-16(15)24/h2-9H,1H3,(H,19,24). The number of benzene rings is 2. The third-order valence-corrected chi connectivity index (χ3v) is 5.13. The normalized spacial score (nSPS) is 11.1. The van der Waals surface area contributed by atoms with Gasteiger partial charge in [0.1, 0.15) is 0 Å². The van der Waals surface area contributed by atoms with E-state index in [2.05, 4.69) is 20.5 Å². The zero-order valence-electron chi connectivity index (χ0n) is 13.1. The van der Waals surface area contributed by atoms with Crippen molar-refractivity contribution in [3.63, 3.8) is 0 Å². The van der Waals surface area contributed by atoms with Crippen LogP contribution < -0.4 is 5.56 Å². The summed E-state index contributed by atoms with van der Waals surface area (Å²) in [6, 6.07) is 15.2. The molecule has 0 atom stereocenters. The van der Waals surface area contributed by atoms with E-state index in [1.54, 1.807) is 13.1 Å². The van der Waals surface area contributed by atoms with Crippen molar-refractivity contribution in [1.29, 1.82) is 0 Å². The minimum atomic E-state index is -0.193. The predicted molar refractivity (Wildman–Crippen MR) is 97.9 cm³/mol. The summed E-state index contributed by atoms with van der Waals surface area (Å²) in [6.45, 7) is 0. The van der Waals surface area contributed by atoms with Gasteiger partial charge in [0, 0.05) is 28.5 Å². The van der Waals surface area contributed by atoms with Crippen molar-refractivity contribution in [3.05, 3.63) is 63.9 Å². The van der Waals surface area contributed by atoms with Crippen LogP contribution in [0.5, 0.6) is 0 Å². The molecule has 0 spiro atoms. The first-order valence-electron chi connectivity index (χ1n) is 7.44. The van der Waals surface area contributed by atoms with E-state index >= 15 is 0 Å². The van der Waals surface area contributed by atoms with Crippen LogP contribution in [0.15, 0.2) is 63.4 Å². The number of hydrogen-bond acceptors (Lipinski definition) is 5. The fraction of sp³-hybridized carbons (Fsp3) is 0.0588. The van der Waals surface area contributed by atoms with Gasteiger partial charge in [0.2, 0.25) is 5.16 Å². The van der Waals surface area contributed by atoms with Crippen molar-refractivity contribution in [2.75, 3.05) is 0 Å². The van der Waals surface area contributed by atoms with E-state index in [4.69, 9.17) is 11.6 Å². The Balaban J connectivity index is 2.05. The van der Waals surface area contributed by atoms with Crippen molar-refractivity contribution in [2.45, 2.75) is 10.1 Å². The smallest absolute Gasteiger partial charge is 0.263 e. The first kappa shape index (κ1) is 15.9. The van der Waals surface area contributed by atoms with E-state index in [0.717, 1.165) is 22.0 Å². The lowest BCUT2D eigenvalue weighted by molar-refractivity contribution is 0.664. The lowest BCUT2D eigenvalue weighted by Gasteiger charge is -2.12. The molecule has 0 radical (unpaired) electrons. The fourth-order valence-corrected chi connectivity index (χ4v) is 3.71. The topological polar surface area (TPSA) is 76.5 Å². The van der Waals surface area contributed by atoms with Crippen molar-refractivity contribution in [3.8, 4) is 11.1 Å². The zero-order chi connectivity index (χ0) is 17.4. The second-order valence-electron chi connectivity index (χ2n) is 5.40. The summed E-state index contributed by atoms with van der Waals surface area (Å²) in [6.07, 6.45) is 0. The third-order valence-electron chi connectivity index (χ3n) is 3.77. The molecule has 6 nitrogen and oxygen atoms in total. The molecular formula is C17H12ClN5OS. The van der Waals surface area contributed by atoms with E-state index in [9.17, 15) is 4.79 Å². The number of aromatic amines is 1. The van der Waals surface area contributed by atoms with Crippen molar-refractivity contribution in [1.82, 2.24) is 25.2 Å². The Morgan fingerprint density at radius 2 is 1.96 bits per heavy atom. The van der Waals surface area contributed by atoms with Gasteiger partial charge in [-0.15, -0.1) is 5.10 Å². The van der Waals surface area contributed by atoms with Gasteiger partial charge in [-0.25, -0.2) is 4.68 Å². The molecule has 0 aliphatic rings. The molecule has 1 N–H and O–H groups in total. The third kappa shape index (κ3) is 2.92. The van der Waals surface area contributed by atoms with Crippen LogP contribution in [0.3, 0.4) is 0 Å². The number of aromatic nitrogens is 5. The highest BCUT2D eigenvalue weighted by Gasteiger charge is 2.18. The van der Waals surface area contributed by atoms with Crippen LogP contribution in [0.2, 0.25) is 5.02 Å². The summed E-state index contributed by atoms with van der Waals surface area (Å²) in [4.78, 5) is 16.2. The summed E-state index contributed by atoms with van der Waals surface area (Å²) in [5.41, 5.74) is 2.28. The molecule has 2 aromatic heterocycles. The number of fused-ring (bicyclic) bond motifs is 1. The summed E-state index contributed by atoms with van der Waals surface area (Å²) in [5, 5.41) is 13.4. The largest absolute Gasteiger partial charge is 0.321 e. The average molecular weight is 370 g/mol. The summed E-state index contributed by atoms with van der Waals surface area (Å²) in [5.74, 6) is 0. The second kappa shape index (κ2) is 6.34. The van der Waals surface area contributed by atoms with E-state index in [1.165, 1.54) is 16.4 Å². The van der Waals surface area contributed by atoms with Gasteiger partial charge in [0.15, 0.2) is 0 Å². The van der Waals surface area contributed by atoms with Gasteiger partial charge in [-0.1, -0.05) is 41.9 Å². The minimum Gasteiger partial charge on any atom is -0.321 e. The van der Waals surface area contributed by atoms with Gasteiger partial charge >= 0.3 is 0 Å². The van der Waals surface area contributed by atoms with E-state index in [0.29, 0.717) is 15.1 Å². The van der Waals surface area contributed by atoms with Crippen molar-refractivity contribution >= 4 is 34.3 Å². The quantitative estimate of drug-likeness (QED) is 0.598. The number of hydrogen-bond donors (Lipinski definition) is 1. The van der Waals surface area contributed by atoms with Gasteiger partial charge in [0.05, 0.1) is 4.90 Å². The van der Waals surface area contributed by atoms with Gasteiger partial charge < -0.3 is 4.98 Å². The number of pyridine rings is 1. The van der Waals surface area contributed by atoms with Crippen LogP contribution in [-0.4, -0.2) is 25.2 Å². The number of tetrazole rings is 1. The molecule has 0 unspecified atom stereocenters. The molecule has 0 amide bonds. The monoisotopic (exact) mass is 369 g/mol. The van der Waals surface area contributed by atoms with Crippen LogP contribution in [0.25, 0.3) is 22.0 Å². The molecule has 124 valence electrons. The Morgan fingerprint density at radius 1 is 1.16 bits per heavy atom. The van der Waals surface area contributed by atoms with Crippen molar-refractivity contribution < 1.29 is 0 Å². The lowest BCUT2D eigenvalue weighted by Crippen LogP contribution is -2.11. The van der Waals surface area contributed by atoms with E-state index in [-0.39, 0.29) is 5.56 Å². The highest BCUT2D eigenvalue weighted by Crippen LogP contribution is 2.37. The van der Waals surface area contributed by atoms with Gasteiger partial charge in [0.25, 0.3) is 5.56 Å². The Hall–Kier alpha value is -2.64. The van der Waals surface area contributed by atoms with E-state index in [1.807, 2.05) is 42.5 Å². The first-order valence-corrected chi connectivity index (χ1v) is 8.64. The molecule has 2 heterocycles. The molecule has 0 fully saturated rings. The van der Waals surface area contributed by atoms with Crippen molar-refractivity contribution in [2.24, 2.45) is 7.05 Å². The SMILES string of the molecule is Cn1nnnc1Sc1c(-c2ccccc2)c2cc(Cl)ccc2[nH]c1=O. The number of H-pyrrole nitrogens is 1. The van der Waals surface area contributed by atoms with Gasteiger partial charge in [-0.3, -0.25) is 4.79 Å². The summed E-state index contributed by atoms with van der Waals surface area (Å²) in [7, 11) is 1.73. The Morgan fingerprint density at radius 3 is 2.68 bits per heavy atom. The maximum absolute atomic E-state index is 12.8. The molecule has 0 aliphatic carbocycles. The Bertz CT molecular complexity index is 1120. The van der Waals surface area contributed by atoms with Crippen LogP contribution in [0.1, 0.15) is 0 Å². The number of halogens is 1. The maximum atomic E-state index is 12.8. The maximum Gasteiger partial charge on any atom is 0.263 e. The highest BCUT2D eigenvalue weighted by molar-refractivity contribution is 7.99. The van der Waals surface area contributed by atoms with Crippen LogP contribution in [0.4, 0.5) is 0 Å². The van der Waals surface area contributed by atoms with Crippen LogP contribution in [-0.2, 0) is 7.05 Å². The van der Waals surface area contributed by atoms with Crippen LogP contribution in [0, 0.1) is 0 Å².